The third kappa shape index (κ3) is 3.14. The van der Waals surface area contributed by atoms with Gasteiger partial charge in [-0.3, -0.25) is 4.79 Å². The molecule has 1 aliphatic rings. The van der Waals surface area contributed by atoms with Crippen molar-refractivity contribution in [2.24, 2.45) is 5.41 Å². The second kappa shape index (κ2) is 6.54. The molecule has 1 aromatic heterocycles. The van der Waals surface area contributed by atoms with Gasteiger partial charge in [0.2, 0.25) is 0 Å². The number of pyridine rings is 1. The van der Waals surface area contributed by atoms with Gasteiger partial charge in [-0.1, -0.05) is 13.3 Å². The number of carboxylic acid groups (broad SMARTS) is 2. The predicted molar refractivity (Wildman–Crippen MR) is 83.7 cm³/mol. The Morgan fingerprint density at radius 3 is 2.65 bits per heavy atom. The Labute approximate surface area is 134 Å². The fraction of sp³-hybridized carbons (Fsp3) is 0.562. The van der Waals surface area contributed by atoms with Gasteiger partial charge in [0.15, 0.2) is 0 Å². The number of nitrogens with zero attached hydrogens (tertiary/aromatic N) is 2. The molecule has 1 aliphatic heterocycles. The third-order valence-corrected chi connectivity index (χ3v) is 4.45. The van der Waals surface area contributed by atoms with Crippen molar-refractivity contribution in [3.63, 3.8) is 0 Å². The first-order chi connectivity index (χ1) is 10.8. The van der Waals surface area contributed by atoms with Crippen LogP contribution in [0.3, 0.4) is 0 Å². The Morgan fingerprint density at radius 2 is 2.09 bits per heavy atom. The molecular weight excluding hydrogens is 300 g/mol. The Bertz CT molecular complexity index is 618. The number of aromatic carboxylic acids is 1. The topological polar surface area (TPSA) is 111 Å². The zero-order chi connectivity index (χ0) is 17.2. The number of aryl methyl sites for hydroxylation is 1. The molecule has 0 bridgehead atoms. The monoisotopic (exact) mass is 322 g/mol. The highest BCUT2D eigenvalue weighted by Gasteiger charge is 2.49. The number of hydrogen-bond acceptors (Lipinski definition) is 5. The van der Waals surface area contributed by atoms with Crippen LogP contribution in [-0.4, -0.2) is 51.4 Å². The minimum atomic E-state index is -1.30. The normalized spacial score (nSPS) is 24.5. The summed E-state index contributed by atoms with van der Waals surface area (Å²) in [5, 5.41) is 29.3. The van der Waals surface area contributed by atoms with Crippen LogP contribution in [0.25, 0.3) is 0 Å². The quantitative estimate of drug-likeness (QED) is 0.754. The van der Waals surface area contributed by atoms with Gasteiger partial charge >= 0.3 is 11.9 Å². The first-order valence-electron chi connectivity index (χ1n) is 7.69. The lowest BCUT2D eigenvalue weighted by Crippen LogP contribution is -2.56. The van der Waals surface area contributed by atoms with Gasteiger partial charge in [0, 0.05) is 18.8 Å². The number of aliphatic carboxylic acids is 1. The highest BCUT2D eigenvalue weighted by molar-refractivity contribution is 5.93. The van der Waals surface area contributed by atoms with E-state index in [2.05, 4.69) is 4.98 Å². The van der Waals surface area contributed by atoms with Crippen LogP contribution in [0.15, 0.2) is 12.1 Å². The summed E-state index contributed by atoms with van der Waals surface area (Å²) in [6.07, 6.45) is 0.258. The van der Waals surface area contributed by atoms with Crippen molar-refractivity contribution in [3.05, 3.63) is 23.4 Å². The van der Waals surface area contributed by atoms with Crippen LogP contribution in [0, 0.1) is 12.3 Å². The summed E-state index contributed by atoms with van der Waals surface area (Å²) in [7, 11) is 0. The lowest BCUT2D eigenvalue weighted by Gasteiger charge is -2.44. The molecule has 7 heteroatoms. The predicted octanol–water partition coefficient (Wildman–Crippen LogP) is 1.53. The molecule has 0 spiro atoms. The van der Waals surface area contributed by atoms with Crippen LogP contribution in [0.4, 0.5) is 5.82 Å². The standard InChI is InChI=1S/C16H22N2O5/c1-3-7-16(15(22)23)9-18(8-6-12(16)19)13-11(14(20)21)5-4-10(2)17-13/h4-5,12,19H,3,6-9H2,1-2H3,(H,20,21)(H,22,23)/t12-,16-/m0/s1. The van der Waals surface area contributed by atoms with E-state index in [1.165, 1.54) is 6.07 Å². The fourth-order valence-corrected chi connectivity index (χ4v) is 3.22. The fourth-order valence-electron chi connectivity index (χ4n) is 3.22. The highest BCUT2D eigenvalue weighted by Crippen LogP contribution is 2.37. The van der Waals surface area contributed by atoms with Gasteiger partial charge in [-0.2, -0.15) is 0 Å². The number of piperidine rings is 1. The maximum Gasteiger partial charge on any atom is 0.339 e. The van der Waals surface area contributed by atoms with E-state index in [0.29, 0.717) is 25.1 Å². The van der Waals surface area contributed by atoms with E-state index >= 15 is 0 Å². The zero-order valence-corrected chi connectivity index (χ0v) is 13.3. The van der Waals surface area contributed by atoms with E-state index < -0.39 is 23.5 Å². The molecule has 1 fully saturated rings. The Balaban J connectivity index is 2.44. The zero-order valence-electron chi connectivity index (χ0n) is 13.3. The van der Waals surface area contributed by atoms with Gasteiger partial charge in [0.1, 0.15) is 16.8 Å². The van der Waals surface area contributed by atoms with E-state index in [1.54, 1.807) is 17.9 Å². The molecule has 2 rings (SSSR count). The van der Waals surface area contributed by atoms with Crippen molar-refractivity contribution in [2.45, 2.75) is 39.2 Å². The van der Waals surface area contributed by atoms with Crippen molar-refractivity contribution in [1.82, 2.24) is 4.98 Å². The maximum absolute atomic E-state index is 11.8. The lowest BCUT2D eigenvalue weighted by atomic mass is 9.74. The lowest BCUT2D eigenvalue weighted by molar-refractivity contribution is -0.158. The molecule has 1 saturated heterocycles. The second-order valence-electron chi connectivity index (χ2n) is 6.07. The summed E-state index contributed by atoms with van der Waals surface area (Å²) in [6, 6.07) is 3.09. The van der Waals surface area contributed by atoms with Gasteiger partial charge < -0.3 is 20.2 Å². The van der Waals surface area contributed by atoms with E-state index in [1.807, 2.05) is 6.92 Å². The van der Waals surface area contributed by atoms with Crippen LogP contribution in [0.5, 0.6) is 0 Å². The second-order valence-corrected chi connectivity index (χ2v) is 6.07. The molecule has 0 saturated carbocycles. The number of rotatable bonds is 5. The first kappa shape index (κ1) is 17.2. The molecule has 126 valence electrons. The molecular formula is C16H22N2O5. The first-order valence-corrected chi connectivity index (χ1v) is 7.69. The van der Waals surface area contributed by atoms with E-state index in [0.717, 1.165) is 0 Å². The van der Waals surface area contributed by atoms with Crippen molar-refractivity contribution < 1.29 is 24.9 Å². The van der Waals surface area contributed by atoms with E-state index in [9.17, 15) is 24.9 Å². The smallest absolute Gasteiger partial charge is 0.339 e. The summed E-state index contributed by atoms with van der Waals surface area (Å²) < 4.78 is 0. The highest BCUT2D eigenvalue weighted by atomic mass is 16.4. The number of aliphatic hydroxyl groups is 1. The van der Waals surface area contributed by atoms with Crippen molar-refractivity contribution in [2.75, 3.05) is 18.0 Å². The van der Waals surface area contributed by atoms with Crippen LogP contribution in [0.1, 0.15) is 42.2 Å². The molecule has 0 unspecified atom stereocenters. The van der Waals surface area contributed by atoms with E-state index in [-0.39, 0.29) is 24.3 Å². The number of aromatic nitrogens is 1. The van der Waals surface area contributed by atoms with E-state index in [4.69, 9.17) is 0 Å². The molecule has 2 heterocycles. The van der Waals surface area contributed by atoms with Crippen molar-refractivity contribution in [1.29, 1.82) is 0 Å². The van der Waals surface area contributed by atoms with Crippen LogP contribution < -0.4 is 4.90 Å². The number of aliphatic hydroxyl groups excluding tert-OH is 1. The molecule has 0 radical (unpaired) electrons. The van der Waals surface area contributed by atoms with Crippen LogP contribution in [0.2, 0.25) is 0 Å². The van der Waals surface area contributed by atoms with Gasteiger partial charge in [0.25, 0.3) is 0 Å². The average Bonchev–Trinajstić information content (AvgIpc) is 2.49. The molecule has 0 amide bonds. The summed E-state index contributed by atoms with van der Waals surface area (Å²) in [6.45, 7) is 4.04. The largest absolute Gasteiger partial charge is 0.481 e. The SMILES string of the molecule is CCC[C@]1(C(=O)O)CN(c2nc(C)ccc2C(=O)O)CC[C@@H]1O. The molecule has 0 aliphatic carbocycles. The maximum atomic E-state index is 11.8. The Morgan fingerprint density at radius 1 is 1.39 bits per heavy atom. The Kier molecular flexibility index (Phi) is 4.89. The molecule has 1 aromatic rings. The van der Waals surface area contributed by atoms with Gasteiger partial charge in [-0.15, -0.1) is 0 Å². The van der Waals surface area contributed by atoms with Gasteiger partial charge in [-0.25, -0.2) is 9.78 Å². The van der Waals surface area contributed by atoms with Crippen molar-refractivity contribution in [3.8, 4) is 0 Å². The van der Waals surface area contributed by atoms with Crippen molar-refractivity contribution >= 4 is 17.8 Å². The molecule has 0 aromatic carbocycles. The Hall–Kier alpha value is -2.15. The number of carboxylic acids is 2. The summed E-state index contributed by atoms with van der Waals surface area (Å²) >= 11 is 0. The van der Waals surface area contributed by atoms with Crippen LogP contribution >= 0.6 is 0 Å². The number of carbonyl (C=O) groups is 2. The molecule has 2 atom stereocenters. The number of hydrogen-bond donors (Lipinski definition) is 3. The minimum absolute atomic E-state index is 0.0442. The molecule has 7 nitrogen and oxygen atoms in total. The summed E-state index contributed by atoms with van der Waals surface area (Å²) in [5.74, 6) is -1.89. The third-order valence-electron chi connectivity index (χ3n) is 4.45. The van der Waals surface area contributed by atoms with Crippen LogP contribution in [-0.2, 0) is 4.79 Å². The molecule has 23 heavy (non-hydrogen) atoms. The van der Waals surface area contributed by atoms with Gasteiger partial charge in [0.05, 0.1) is 6.10 Å². The minimum Gasteiger partial charge on any atom is -0.481 e. The molecule has 3 N–H and O–H groups in total. The summed E-state index contributed by atoms with van der Waals surface area (Å²) in [5.41, 5.74) is -0.593. The summed E-state index contributed by atoms with van der Waals surface area (Å²) in [4.78, 5) is 29.2. The van der Waals surface area contributed by atoms with Gasteiger partial charge in [-0.05, 0) is 31.9 Å². The number of anilines is 1. The average molecular weight is 322 g/mol.